The second-order valence-corrected chi connectivity index (χ2v) is 4.34. The SMILES string of the molecule is CNCC(O)C(O)c1cscc1Br. The molecule has 0 saturated carbocycles. The molecule has 1 aromatic heterocycles. The monoisotopic (exact) mass is 265 g/mol. The van der Waals surface area contributed by atoms with Gasteiger partial charge in [-0.2, -0.15) is 11.3 Å². The summed E-state index contributed by atoms with van der Waals surface area (Å²) in [5, 5.41) is 25.7. The number of hydrogen-bond acceptors (Lipinski definition) is 4. The third kappa shape index (κ3) is 2.75. The molecule has 2 unspecified atom stereocenters. The summed E-state index contributed by atoms with van der Waals surface area (Å²) in [7, 11) is 1.73. The highest BCUT2D eigenvalue weighted by atomic mass is 79.9. The largest absolute Gasteiger partial charge is 0.389 e. The van der Waals surface area contributed by atoms with Crippen molar-refractivity contribution in [1.82, 2.24) is 5.32 Å². The van der Waals surface area contributed by atoms with E-state index in [1.807, 2.05) is 10.8 Å². The van der Waals surface area contributed by atoms with Gasteiger partial charge in [0.1, 0.15) is 6.10 Å². The van der Waals surface area contributed by atoms with Crippen LogP contribution in [0.5, 0.6) is 0 Å². The Kier molecular flexibility index (Phi) is 4.34. The van der Waals surface area contributed by atoms with Gasteiger partial charge in [-0.3, -0.25) is 0 Å². The van der Waals surface area contributed by atoms with E-state index in [0.717, 1.165) is 10.0 Å². The Morgan fingerprint density at radius 1 is 1.54 bits per heavy atom. The van der Waals surface area contributed by atoms with Crippen molar-refractivity contribution in [2.75, 3.05) is 13.6 Å². The van der Waals surface area contributed by atoms with Gasteiger partial charge in [0, 0.05) is 22.0 Å². The highest BCUT2D eigenvalue weighted by Crippen LogP contribution is 2.28. The Morgan fingerprint density at radius 3 is 2.69 bits per heavy atom. The van der Waals surface area contributed by atoms with Crippen LogP contribution in [0.2, 0.25) is 0 Å². The maximum absolute atomic E-state index is 9.68. The normalized spacial score (nSPS) is 15.7. The summed E-state index contributed by atoms with van der Waals surface area (Å²) < 4.78 is 0.847. The molecule has 3 N–H and O–H groups in total. The van der Waals surface area contributed by atoms with Crippen LogP contribution >= 0.6 is 27.3 Å². The fourth-order valence-corrected chi connectivity index (χ4v) is 2.59. The van der Waals surface area contributed by atoms with Crippen molar-refractivity contribution in [3.8, 4) is 0 Å². The van der Waals surface area contributed by atoms with Crippen LogP contribution < -0.4 is 5.32 Å². The van der Waals surface area contributed by atoms with Crippen LogP contribution in [0, 0.1) is 0 Å². The lowest BCUT2D eigenvalue weighted by Gasteiger charge is -2.16. The van der Waals surface area contributed by atoms with Gasteiger partial charge < -0.3 is 15.5 Å². The molecule has 0 spiro atoms. The third-order valence-corrected chi connectivity index (χ3v) is 3.49. The molecule has 0 radical (unpaired) electrons. The van der Waals surface area contributed by atoms with Crippen LogP contribution in [0.15, 0.2) is 15.2 Å². The van der Waals surface area contributed by atoms with Gasteiger partial charge in [0.15, 0.2) is 0 Å². The first kappa shape index (κ1) is 11.1. The van der Waals surface area contributed by atoms with Gasteiger partial charge >= 0.3 is 0 Å². The molecule has 1 rings (SSSR count). The lowest BCUT2D eigenvalue weighted by atomic mass is 10.1. The molecule has 74 valence electrons. The average molecular weight is 266 g/mol. The first-order chi connectivity index (χ1) is 6.16. The molecule has 0 aliphatic heterocycles. The number of aliphatic hydroxyl groups excluding tert-OH is 2. The van der Waals surface area contributed by atoms with Crippen LogP contribution in [0.3, 0.4) is 0 Å². The zero-order chi connectivity index (χ0) is 9.84. The van der Waals surface area contributed by atoms with Crippen molar-refractivity contribution >= 4 is 27.3 Å². The quantitative estimate of drug-likeness (QED) is 0.765. The molecule has 0 amide bonds. The van der Waals surface area contributed by atoms with Crippen molar-refractivity contribution < 1.29 is 10.2 Å². The molecule has 0 saturated heterocycles. The fourth-order valence-electron chi connectivity index (χ4n) is 1.03. The second-order valence-electron chi connectivity index (χ2n) is 2.74. The molecule has 13 heavy (non-hydrogen) atoms. The maximum Gasteiger partial charge on any atom is 0.108 e. The molecule has 0 bridgehead atoms. The molecule has 0 aromatic carbocycles. The van der Waals surface area contributed by atoms with E-state index >= 15 is 0 Å². The predicted molar refractivity (Wildman–Crippen MR) is 56.9 cm³/mol. The molecular weight excluding hydrogens is 254 g/mol. The summed E-state index contributed by atoms with van der Waals surface area (Å²) in [5.74, 6) is 0. The number of nitrogens with one attached hydrogen (secondary N) is 1. The number of likely N-dealkylation sites (N-methyl/N-ethyl adjacent to an activating group) is 1. The Bertz CT molecular complexity index is 266. The molecular formula is C8H12BrNO2S. The van der Waals surface area contributed by atoms with Gasteiger partial charge in [0.2, 0.25) is 0 Å². The smallest absolute Gasteiger partial charge is 0.108 e. The van der Waals surface area contributed by atoms with Crippen molar-refractivity contribution in [2.24, 2.45) is 0 Å². The van der Waals surface area contributed by atoms with E-state index in [0.29, 0.717) is 6.54 Å². The minimum absolute atomic E-state index is 0.378. The zero-order valence-corrected chi connectivity index (χ0v) is 9.60. The highest BCUT2D eigenvalue weighted by Gasteiger charge is 2.20. The minimum atomic E-state index is -0.826. The van der Waals surface area contributed by atoms with Crippen LogP contribution in [-0.2, 0) is 0 Å². The summed E-state index contributed by atoms with van der Waals surface area (Å²) in [4.78, 5) is 0. The van der Waals surface area contributed by atoms with Gasteiger partial charge in [-0.15, -0.1) is 0 Å². The summed E-state index contributed by atoms with van der Waals surface area (Å²) in [5.41, 5.74) is 0.743. The van der Waals surface area contributed by atoms with Gasteiger partial charge in [-0.25, -0.2) is 0 Å². The van der Waals surface area contributed by atoms with Crippen LogP contribution in [0.4, 0.5) is 0 Å². The lowest BCUT2D eigenvalue weighted by Crippen LogP contribution is -2.29. The highest BCUT2D eigenvalue weighted by molar-refractivity contribution is 9.10. The maximum atomic E-state index is 9.68. The van der Waals surface area contributed by atoms with E-state index in [1.165, 1.54) is 11.3 Å². The topological polar surface area (TPSA) is 52.5 Å². The van der Waals surface area contributed by atoms with Gasteiger partial charge in [-0.05, 0) is 28.4 Å². The van der Waals surface area contributed by atoms with E-state index in [4.69, 9.17) is 0 Å². The molecule has 0 aliphatic carbocycles. The summed E-state index contributed by atoms with van der Waals surface area (Å²) in [6.45, 7) is 0.378. The van der Waals surface area contributed by atoms with Gasteiger partial charge in [0.25, 0.3) is 0 Å². The Balaban J connectivity index is 2.67. The van der Waals surface area contributed by atoms with E-state index < -0.39 is 12.2 Å². The van der Waals surface area contributed by atoms with Gasteiger partial charge in [0.05, 0.1) is 6.10 Å². The van der Waals surface area contributed by atoms with E-state index in [9.17, 15) is 10.2 Å². The molecule has 3 nitrogen and oxygen atoms in total. The number of aliphatic hydroxyl groups is 2. The molecule has 1 heterocycles. The Morgan fingerprint density at radius 2 is 2.23 bits per heavy atom. The number of thiophene rings is 1. The predicted octanol–water partition coefficient (Wildman–Crippen LogP) is 1.12. The number of halogens is 1. The average Bonchev–Trinajstić information content (AvgIpc) is 2.50. The standard InChI is InChI=1S/C8H12BrNO2S/c1-10-2-7(11)8(12)5-3-13-4-6(5)9/h3-4,7-8,10-12H,2H2,1H3. The van der Waals surface area contributed by atoms with Crippen LogP contribution in [0.1, 0.15) is 11.7 Å². The summed E-state index contributed by atoms with van der Waals surface area (Å²) in [6, 6.07) is 0. The van der Waals surface area contributed by atoms with Crippen molar-refractivity contribution in [3.63, 3.8) is 0 Å². The minimum Gasteiger partial charge on any atom is -0.389 e. The van der Waals surface area contributed by atoms with Crippen molar-refractivity contribution in [2.45, 2.75) is 12.2 Å². The Labute approximate surface area is 89.5 Å². The van der Waals surface area contributed by atoms with E-state index in [2.05, 4.69) is 21.2 Å². The summed E-state index contributed by atoms with van der Waals surface area (Å²) in [6.07, 6.45) is -1.59. The molecule has 5 heteroatoms. The molecule has 0 fully saturated rings. The molecule has 1 aromatic rings. The van der Waals surface area contributed by atoms with Crippen LogP contribution in [-0.4, -0.2) is 29.9 Å². The number of rotatable bonds is 4. The Hall–Kier alpha value is 0.0600. The zero-order valence-electron chi connectivity index (χ0n) is 7.20. The fraction of sp³-hybridized carbons (Fsp3) is 0.500. The molecule has 2 atom stereocenters. The van der Waals surface area contributed by atoms with Crippen molar-refractivity contribution in [3.05, 3.63) is 20.8 Å². The lowest BCUT2D eigenvalue weighted by molar-refractivity contribution is 0.0201. The van der Waals surface area contributed by atoms with E-state index in [-0.39, 0.29) is 0 Å². The van der Waals surface area contributed by atoms with Gasteiger partial charge in [-0.1, -0.05) is 0 Å². The second kappa shape index (κ2) is 5.07. The molecule has 0 aliphatic rings. The summed E-state index contributed by atoms with van der Waals surface area (Å²) >= 11 is 4.80. The third-order valence-electron chi connectivity index (χ3n) is 1.74. The van der Waals surface area contributed by atoms with E-state index in [1.54, 1.807) is 7.05 Å². The first-order valence-corrected chi connectivity index (χ1v) is 5.62. The first-order valence-electron chi connectivity index (χ1n) is 3.89. The number of hydrogen-bond donors (Lipinski definition) is 3. The van der Waals surface area contributed by atoms with Crippen LogP contribution in [0.25, 0.3) is 0 Å². The van der Waals surface area contributed by atoms with Crippen molar-refractivity contribution in [1.29, 1.82) is 0 Å².